The summed E-state index contributed by atoms with van der Waals surface area (Å²) < 4.78 is 41.9. The fourth-order valence-electron chi connectivity index (χ4n) is 3.88. The summed E-state index contributed by atoms with van der Waals surface area (Å²) >= 11 is 0. The summed E-state index contributed by atoms with van der Waals surface area (Å²) in [6.07, 6.45) is 2.78. The highest BCUT2D eigenvalue weighted by atomic mass is 32.2. The molecule has 1 atom stereocenters. The van der Waals surface area contributed by atoms with Crippen LogP contribution in [0, 0.1) is 5.41 Å². The van der Waals surface area contributed by atoms with Crippen molar-refractivity contribution in [1.82, 2.24) is 29.7 Å². The van der Waals surface area contributed by atoms with E-state index in [1.54, 1.807) is 11.6 Å². The molecule has 10 heteroatoms. The van der Waals surface area contributed by atoms with Gasteiger partial charge in [-0.1, -0.05) is 20.8 Å². The number of aromatic nitrogens is 6. The van der Waals surface area contributed by atoms with Gasteiger partial charge in [0, 0.05) is 25.4 Å². The maximum Gasteiger partial charge on any atom is 0.287 e. The van der Waals surface area contributed by atoms with Gasteiger partial charge in [0.1, 0.15) is 23.4 Å². The molecule has 0 spiro atoms. The van der Waals surface area contributed by atoms with Gasteiger partial charge in [-0.25, -0.2) is 15.0 Å². The number of nitrogens with zero attached hydrogens (tertiary/aromatic N) is 6. The molecule has 1 aliphatic rings. The van der Waals surface area contributed by atoms with E-state index in [1.165, 1.54) is 6.07 Å². The van der Waals surface area contributed by atoms with Crippen LogP contribution in [0.25, 0.3) is 23.0 Å². The minimum Gasteiger partial charge on any atom is -0.307 e. The third-order valence-electron chi connectivity index (χ3n) is 5.41. The monoisotopic (exact) mass is 446 g/mol. The molecule has 0 N–H and O–H groups in total. The molecule has 164 valence electrons. The van der Waals surface area contributed by atoms with Crippen molar-refractivity contribution in [2.24, 2.45) is 12.5 Å². The largest absolute Gasteiger partial charge is 0.307 e. The molecule has 1 aliphatic carbocycles. The van der Waals surface area contributed by atoms with E-state index < -0.39 is 22.4 Å². The van der Waals surface area contributed by atoms with Crippen molar-refractivity contribution in [1.29, 1.82) is 0 Å². The van der Waals surface area contributed by atoms with Crippen molar-refractivity contribution in [3.05, 3.63) is 35.4 Å². The van der Waals surface area contributed by atoms with Gasteiger partial charge < -0.3 is 4.57 Å². The van der Waals surface area contributed by atoms with Gasteiger partial charge in [0.05, 0.1) is 15.7 Å². The second-order valence-electron chi connectivity index (χ2n) is 8.68. The second kappa shape index (κ2) is 7.51. The minimum absolute atomic E-state index is 0.0900. The summed E-state index contributed by atoms with van der Waals surface area (Å²) in [7, 11) is 0.469. The van der Waals surface area contributed by atoms with E-state index in [0.29, 0.717) is 28.0 Å². The van der Waals surface area contributed by atoms with Crippen molar-refractivity contribution in [3.8, 4) is 23.0 Å². The Kier molecular flexibility index (Phi) is 5.23. The van der Waals surface area contributed by atoms with E-state index in [0.717, 1.165) is 37.4 Å². The van der Waals surface area contributed by atoms with Crippen molar-refractivity contribution in [2.75, 3.05) is 5.75 Å². The molecule has 3 aromatic rings. The van der Waals surface area contributed by atoms with Crippen LogP contribution < -0.4 is 0 Å². The van der Waals surface area contributed by atoms with Crippen LogP contribution in [-0.2, 0) is 36.6 Å². The molecule has 0 saturated carbocycles. The zero-order valence-corrected chi connectivity index (χ0v) is 18.9. The van der Waals surface area contributed by atoms with E-state index in [4.69, 9.17) is 4.98 Å². The quantitative estimate of drug-likeness (QED) is 0.594. The number of halogens is 2. The first-order chi connectivity index (χ1) is 14.5. The fraction of sp³-hybridized carbons (Fsp3) is 0.476. The van der Waals surface area contributed by atoms with Crippen molar-refractivity contribution < 1.29 is 13.0 Å². The Bertz CT molecular complexity index is 1190. The number of hydrogen-bond acceptors (Lipinski definition) is 6. The van der Waals surface area contributed by atoms with Crippen molar-refractivity contribution in [3.63, 3.8) is 0 Å². The average Bonchev–Trinajstić information content (AvgIpc) is 3.23. The third kappa shape index (κ3) is 4.00. The Labute approximate surface area is 181 Å². The first kappa shape index (κ1) is 21.6. The van der Waals surface area contributed by atoms with E-state index >= 15 is 0 Å². The molecule has 31 heavy (non-hydrogen) atoms. The van der Waals surface area contributed by atoms with Crippen LogP contribution in [0.5, 0.6) is 0 Å². The molecule has 0 fully saturated rings. The number of pyridine rings is 1. The van der Waals surface area contributed by atoms with Gasteiger partial charge >= 0.3 is 0 Å². The summed E-state index contributed by atoms with van der Waals surface area (Å²) in [6, 6.07) is 3.18. The molecule has 1 unspecified atom stereocenters. The fourth-order valence-corrected chi connectivity index (χ4v) is 4.81. The van der Waals surface area contributed by atoms with E-state index in [9.17, 15) is 13.0 Å². The lowest BCUT2D eigenvalue weighted by Crippen LogP contribution is -2.11. The van der Waals surface area contributed by atoms with E-state index in [1.807, 2.05) is 13.0 Å². The third-order valence-corrected chi connectivity index (χ3v) is 6.74. The zero-order valence-electron chi connectivity index (χ0n) is 18.1. The summed E-state index contributed by atoms with van der Waals surface area (Å²) in [5.74, 6) is -1.93. The Hall–Kier alpha value is -2.62. The topological polar surface area (TPSA) is 86.4 Å². The Morgan fingerprint density at radius 3 is 2.55 bits per heavy atom. The van der Waals surface area contributed by atoms with Crippen LogP contribution in [0.3, 0.4) is 0 Å². The first-order valence-corrected chi connectivity index (χ1v) is 11.3. The van der Waals surface area contributed by atoms with Crippen molar-refractivity contribution >= 4 is 10.8 Å². The highest BCUT2D eigenvalue weighted by Gasteiger charge is 2.33. The molecule has 4 rings (SSSR count). The van der Waals surface area contributed by atoms with Gasteiger partial charge in [0.2, 0.25) is 0 Å². The molecule has 0 bridgehead atoms. The van der Waals surface area contributed by atoms with Gasteiger partial charge in [-0.15, -0.1) is 10.2 Å². The number of fused-ring (bicyclic) bond motifs is 1. The van der Waals surface area contributed by atoms with Crippen LogP contribution in [-0.4, -0.2) is 39.7 Å². The van der Waals surface area contributed by atoms with Gasteiger partial charge in [0.25, 0.3) is 5.92 Å². The summed E-state index contributed by atoms with van der Waals surface area (Å²) in [4.78, 5) is 13.2. The molecule has 0 aliphatic heterocycles. The van der Waals surface area contributed by atoms with Gasteiger partial charge in [-0.3, -0.25) is 4.21 Å². The highest BCUT2D eigenvalue weighted by Crippen LogP contribution is 2.38. The lowest BCUT2D eigenvalue weighted by molar-refractivity contribution is 0.0126. The molecule has 0 saturated heterocycles. The Morgan fingerprint density at radius 2 is 1.87 bits per heavy atom. The lowest BCUT2D eigenvalue weighted by Gasteiger charge is -2.14. The molecular weight excluding hydrogens is 422 g/mol. The maximum atomic E-state index is 13.7. The molecular formula is C21H24F2N6OS. The van der Waals surface area contributed by atoms with Gasteiger partial charge in [0.15, 0.2) is 11.6 Å². The molecule has 3 heterocycles. The average molecular weight is 447 g/mol. The molecule has 0 aromatic carbocycles. The number of rotatable bonds is 5. The predicted octanol–water partition coefficient (Wildman–Crippen LogP) is 3.70. The first-order valence-electron chi connectivity index (χ1n) is 10.0. The highest BCUT2D eigenvalue weighted by molar-refractivity contribution is 7.85. The SMILES string of the molecule is CCS(=O)c1cc2c(nc1-c1nnc(-c3cc(C(C)(F)F)ncn3)n1C)CC(C)(C)C2. The normalized spacial score (nSPS) is 16.4. The minimum atomic E-state index is -3.10. The van der Waals surface area contributed by atoms with Crippen LogP contribution >= 0.6 is 0 Å². The number of alkyl halides is 2. The van der Waals surface area contributed by atoms with Crippen molar-refractivity contribution in [2.45, 2.75) is 51.4 Å². The van der Waals surface area contributed by atoms with Crippen LogP contribution in [0.2, 0.25) is 0 Å². The smallest absolute Gasteiger partial charge is 0.287 e. The second-order valence-corrected chi connectivity index (χ2v) is 10.4. The van der Waals surface area contributed by atoms with Crippen LogP contribution in [0.1, 0.15) is 44.6 Å². The molecule has 0 radical (unpaired) electrons. The van der Waals surface area contributed by atoms with Crippen LogP contribution in [0.15, 0.2) is 23.4 Å². The zero-order chi connectivity index (χ0) is 22.6. The predicted molar refractivity (Wildman–Crippen MR) is 113 cm³/mol. The number of hydrogen-bond donors (Lipinski definition) is 0. The standard InChI is InChI=1S/C21H24F2N6OS/c1-6-31(30)15-7-12-9-20(2,3)10-14(12)26-17(15)19-28-27-18(29(19)5)13-8-16(21(4,22)23)25-11-24-13/h7-8,11H,6,9-10H2,1-5H3. The van der Waals surface area contributed by atoms with Gasteiger partial charge in [-0.05, 0) is 36.0 Å². The molecule has 3 aromatic heterocycles. The van der Waals surface area contributed by atoms with E-state index in [2.05, 4.69) is 34.0 Å². The summed E-state index contributed by atoms with van der Waals surface area (Å²) in [5.41, 5.74) is 2.51. The van der Waals surface area contributed by atoms with Crippen LogP contribution in [0.4, 0.5) is 8.78 Å². The Morgan fingerprint density at radius 1 is 1.16 bits per heavy atom. The maximum absolute atomic E-state index is 13.7. The molecule has 0 amide bonds. The Balaban J connectivity index is 1.84. The summed E-state index contributed by atoms with van der Waals surface area (Å²) in [5, 5.41) is 8.43. The van der Waals surface area contributed by atoms with Gasteiger partial charge in [-0.2, -0.15) is 8.78 Å². The summed E-state index contributed by atoms with van der Waals surface area (Å²) in [6.45, 7) is 7.00. The van der Waals surface area contributed by atoms with E-state index in [-0.39, 0.29) is 11.1 Å². The lowest BCUT2D eigenvalue weighted by atomic mass is 9.91. The molecule has 7 nitrogen and oxygen atoms in total.